The van der Waals surface area contributed by atoms with Gasteiger partial charge in [-0.2, -0.15) is 5.10 Å². The molecular weight excluding hydrogens is 372 g/mol. The molecule has 1 aromatic carbocycles. The third-order valence-electron chi connectivity index (χ3n) is 5.79. The fraction of sp³-hybridized carbons (Fsp3) is 0.429. The average molecular weight is 395 g/mol. The maximum atomic E-state index is 12.9. The van der Waals surface area contributed by atoms with E-state index in [9.17, 15) is 9.59 Å². The molecule has 1 saturated heterocycles. The number of piperidine rings is 1. The number of carbonyl (C=O) groups is 1. The summed E-state index contributed by atoms with van der Waals surface area (Å²) in [5, 5.41) is 4.57. The van der Waals surface area contributed by atoms with E-state index < -0.39 is 0 Å². The Hall–Kier alpha value is -2.54. The fourth-order valence-corrected chi connectivity index (χ4v) is 4.64. The highest BCUT2D eigenvalue weighted by atomic mass is 32.1. The number of thiazole rings is 1. The quantitative estimate of drug-likeness (QED) is 0.681. The first-order valence-corrected chi connectivity index (χ1v) is 10.8. The molecule has 28 heavy (non-hydrogen) atoms. The number of fused-ring (bicyclic) bond motifs is 1. The van der Waals surface area contributed by atoms with Crippen LogP contribution in [0.4, 0.5) is 0 Å². The van der Waals surface area contributed by atoms with Gasteiger partial charge in [0.15, 0.2) is 0 Å². The molecule has 2 fully saturated rings. The molecule has 2 aromatic heterocycles. The zero-order chi connectivity index (χ0) is 19.1. The Bertz CT molecular complexity index is 1080. The predicted molar refractivity (Wildman–Crippen MR) is 109 cm³/mol. The van der Waals surface area contributed by atoms with Crippen LogP contribution in [0.1, 0.15) is 47.7 Å². The van der Waals surface area contributed by atoms with E-state index in [4.69, 9.17) is 0 Å². The smallest absolute Gasteiger partial charge is 0.266 e. The fourth-order valence-electron chi connectivity index (χ4n) is 3.93. The summed E-state index contributed by atoms with van der Waals surface area (Å²) >= 11 is 1.55. The summed E-state index contributed by atoms with van der Waals surface area (Å²) in [6.07, 6.45) is 4.16. The second kappa shape index (κ2) is 7.13. The Kier molecular flexibility index (Phi) is 4.47. The summed E-state index contributed by atoms with van der Waals surface area (Å²) in [5.74, 6) is 1.01. The van der Waals surface area contributed by atoms with Crippen LogP contribution in [0, 0.1) is 5.92 Å². The van der Waals surface area contributed by atoms with Gasteiger partial charge < -0.3 is 4.90 Å². The van der Waals surface area contributed by atoms with Crippen molar-refractivity contribution in [3.05, 3.63) is 57.5 Å². The number of aromatic nitrogens is 3. The summed E-state index contributed by atoms with van der Waals surface area (Å²) in [4.78, 5) is 31.2. The third kappa shape index (κ3) is 3.46. The van der Waals surface area contributed by atoms with E-state index >= 15 is 0 Å². The zero-order valence-corrected chi connectivity index (χ0v) is 16.4. The maximum absolute atomic E-state index is 12.9. The van der Waals surface area contributed by atoms with Crippen molar-refractivity contribution in [3.8, 4) is 0 Å². The van der Waals surface area contributed by atoms with Crippen molar-refractivity contribution in [1.29, 1.82) is 0 Å². The number of amides is 1. The van der Waals surface area contributed by atoms with Crippen LogP contribution in [0.15, 0.2) is 40.6 Å². The molecule has 3 aromatic rings. The number of hydrogen-bond donors (Lipinski definition) is 0. The molecule has 0 unspecified atom stereocenters. The summed E-state index contributed by atoms with van der Waals surface area (Å²) in [6.45, 7) is 2.09. The predicted octanol–water partition coefficient (Wildman–Crippen LogP) is 3.28. The molecule has 1 saturated carbocycles. The lowest BCUT2D eigenvalue weighted by atomic mass is 9.96. The first kappa shape index (κ1) is 17.6. The van der Waals surface area contributed by atoms with Gasteiger partial charge in [-0.05, 0) is 55.9 Å². The first-order valence-electron chi connectivity index (χ1n) is 9.88. The first-order chi connectivity index (χ1) is 13.7. The van der Waals surface area contributed by atoms with Gasteiger partial charge in [-0.3, -0.25) is 9.59 Å². The molecule has 0 N–H and O–H groups in total. The largest absolute Gasteiger partial charge is 0.339 e. The maximum Gasteiger partial charge on any atom is 0.266 e. The number of carbonyl (C=O) groups excluding carboxylic acids is 1. The molecule has 6 nitrogen and oxygen atoms in total. The normalized spacial score (nSPS) is 17.9. The van der Waals surface area contributed by atoms with Crippen molar-refractivity contribution >= 4 is 27.5 Å². The highest BCUT2D eigenvalue weighted by Gasteiger charge is 2.27. The lowest BCUT2D eigenvalue weighted by Gasteiger charge is -2.32. The van der Waals surface area contributed by atoms with Crippen molar-refractivity contribution in [1.82, 2.24) is 19.7 Å². The SMILES string of the molecule is O=C(c1ccc2ncsc2c1)N1CCC(Cn2nc(C3CC3)ccc2=O)CC1. The van der Waals surface area contributed by atoms with Crippen LogP contribution in [-0.2, 0) is 6.54 Å². The van der Waals surface area contributed by atoms with Crippen LogP contribution in [0.2, 0.25) is 0 Å². The minimum absolute atomic E-state index is 0.0271. The number of benzene rings is 1. The van der Waals surface area contributed by atoms with E-state index in [1.54, 1.807) is 27.6 Å². The van der Waals surface area contributed by atoms with Gasteiger partial charge in [-0.15, -0.1) is 11.3 Å². The van der Waals surface area contributed by atoms with Crippen molar-refractivity contribution in [2.45, 2.75) is 38.1 Å². The second-order valence-corrected chi connectivity index (χ2v) is 8.71. The van der Waals surface area contributed by atoms with E-state index in [1.165, 1.54) is 12.8 Å². The van der Waals surface area contributed by atoms with Crippen LogP contribution in [0.25, 0.3) is 10.2 Å². The topological polar surface area (TPSA) is 68.1 Å². The molecule has 3 heterocycles. The van der Waals surface area contributed by atoms with E-state index in [0.29, 0.717) is 18.4 Å². The molecule has 0 bridgehead atoms. The van der Waals surface area contributed by atoms with Gasteiger partial charge >= 0.3 is 0 Å². The summed E-state index contributed by atoms with van der Waals surface area (Å²) < 4.78 is 2.68. The third-order valence-corrected chi connectivity index (χ3v) is 6.59. The Morgan fingerprint density at radius 1 is 1.11 bits per heavy atom. The zero-order valence-electron chi connectivity index (χ0n) is 15.6. The van der Waals surface area contributed by atoms with Crippen molar-refractivity contribution in [2.75, 3.05) is 13.1 Å². The number of hydrogen-bond acceptors (Lipinski definition) is 5. The van der Waals surface area contributed by atoms with Crippen LogP contribution in [0.5, 0.6) is 0 Å². The molecule has 1 aliphatic carbocycles. The minimum atomic E-state index is -0.0271. The molecule has 1 aliphatic heterocycles. The standard InChI is InChI=1S/C21H22N4O2S/c26-20-6-5-17(15-1-2-15)23-25(20)12-14-7-9-24(10-8-14)21(27)16-3-4-18-19(11-16)28-13-22-18/h3-6,11,13-15H,1-2,7-10,12H2. The van der Waals surface area contributed by atoms with Crippen LogP contribution in [0.3, 0.4) is 0 Å². The average Bonchev–Trinajstić information content (AvgIpc) is 3.46. The molecule has 1 amide bonds. The van der Waals surface area contributed by atoms with Gasteiger partial charge in [0.25, 0.3) is 11.5 Å². The van der Waals surface area contributed by atoms with E-state index in [-0.39, 0.29) is 11.5 Å². The van der Waals surface area contributed by atoms with Gasteiger partial charge in [0.1, 0.15) is 0 Å². The Morgan fingerprint density at radius 3 is 2.71 bits per heavy atom. The molecule has 0 spiro atoms. The lowest BCUT2D eigenvalue weighted by molar-refractivity contribution is 0.0680. The highest BCUT2D eigenvalue weighted by molar-refractivity contribution is 7.16. The molecular formula is C21H22N4O2S. The number of rotatable bonds is 4. The van der Waals surface area contributed by atoms with Crippen molar-refractivity contribution < 1.29 is 4.79 Å². The summed E-state index contributed by atoms with van der Waals surface area (Å²) in [6, 6.07) is 9.24. The summed E-state index contributed by atoms with van der Waals surface area (Å²) in [7, 11) is 0. The van der Waals surface area contributed by atoms with Crippen molar-refractivity contribution in [2.24, 2.45) is 5.92 Å². The van der Waals surface area contributed by atoms with Gasteiger partial charge in [-0.25, -0.2) is 9.67 Å². The Balaban J connectivity index is 1.23. The van der Waals surface area contributed by atoms with Crippen molar-refractivity contribution in [3.63, 3.8) is 0 Å². The Labute approximate surface area is 166 Å². The molecule has 144 valence electrons. The molecule has 5 rings (SSSR count). The molecule has 7 heteroatoms. The van der Waals surface area contributed by atoms with Crippen LogP contribution in [-0.4, -0.2) is 38.7 Å². The molecule has 0 radical (unpaired) electrons. The van der Waals surface area contributed by atoms with Gasteiger partial charge in [0.05, 0.1) is 21.4 Å². The number of likely N-dealkylation sites (tertiary alicyclic amines) is 1. The van der Waals surface area contributed by atoms with Gasteiger partial charge in [0, 0.05) is 37.2 Å². The summed E-state index contributed by atoms with van der Waals surface area (Å²) in [5.41, 5.74) is 4.49. The van der Waals surface area contributed by atoms with E-state index in [2.05, 4.69) is 10.1 Å². The lowest BCUT2D eigenvalue weighted by Crippen LogP contribution is -2.40. The van der Waals surface area contributed by atoms with Crippen LogP contribution >= 0.6 is 11.3 Å². The minimum Gasteiger partial charge on any atom is -0.339 e. The second-order valence-electron chi connectivity index (χ2n) is 7.82. The van der Waals surface area contributed by atoms with Gasteiger partial charge in [-0.1, -0.05) is 0 Å². The molecule has 0 atom stereocenters. The van der Waals surface area contributed by atoms with E-state index in [1.807, 2.05) is 29.2 Å². The van der Waals surface area contributed by atoms with E-state index in [0.717, 1.165) is 47.4 Å². The monoisotopic (exact) mass is 394 g/mol. The van der Waals surface area contributed by atoms with Crippen LogP contribution < -0.4 is 5.56 Å². The highest BCUT2D eigenvalue weighted by Crippen LogP contribution is 2.38. The molecule has 2 aliphatic rings. The Morgan fingerprint density at radius 2 is 1.93 bits per heavy atom. The van der Waals surface area contributed by atoms with Gasteiger partial charge in [0.2, 0.25) is 0 Å². The number of nitrogens with zero attached hydrogens (tertiary/aromatic N) is 4.